The van der Waals surface area contributed by atoms with E-state index >= 15 is 0 Å². The Kier molecular flexibility index (Phi) is 8.36. The lowest BCUT2D eigenvalue weighted by molar-refractivity contribution is 0.253. The molecule has 1 aromatic carbocycles. The van der Waals surface area contributed by atoms with Crippen LogP contribution >= 0.6 is 0 Å². The standard InChI is InChI=1S/C24H38F2Si/c1-2-3-4-5-19-6-8-20(9-7-19)12-15-27-16-13-21(14-17-27)22-10-11-23(25)24(26)18-22/h10-11,18-21,27H,2-9,12-17H2,1H3/t19-,20-,21?,27?. The summed E-state index contributed by atoms with van der Waals surface area (Å²) in [5, 5.41) is 0. The van der Waals surface area contributed by atoms with Gasteiger partial charge in [0.1, 0.15) is 0 Å². The van der Waals surface area contributed by atoms with Gasteiger partial charge in [-0.25, -0.2) is 8.78 Å². The molecule has 0 atom stereocenters. The smallest absolute Gasteiger partial charge is 0.159 e. The first-order chi connectivity index (χ1) is 13.2. The number of unbranched alkanes of at least 4 members (excludes halogenated alkanes) is 2. The zero-order chi connectivity index (χ0) is 19.1. The van der Waals surface area contributed by atoms with Gasteiger partial charge in [0.25, 0.3) is 0 Å². The van der Waals surface area contributed by atoms with Gasteiger partial charge in [-0.2, -0.15) is 0 Å². The van der Waals surface area contributed by atoms with Crippen molar-refractivity contribution in [3.8, 4) is 0 Å². The maximum atomic E-state index is 13.5. The molecule has 27 heavy (non-hydrogen) atoms. The Balaban J connectivity index is 1.32. The fraction of sp³-hybridized carbons (Fsp3) is 0.750. The van der Waals surface area contributed by atoms with Gasteiger partial charge >= 0.3 is 0 Å². The topological polar surface area (TPSA) is 0 Å². The van der Waals surface area contributed by atoms with Crippen molar-refractivity contribution in [3.05, 3.63) is 35.4 Å². The van der Waals surface area contributed by atoms with Gasteiger partial charge in [0.2, 0.25) is 0 Å². The highest BCUT2D eigenvalue weighted by molar-refractivity contribution is 6.59. The first-order valence-corrected chi connectivity index (χ1v) is 14.1. The van der Waals surface area contributed by atoms with E-state index in [1.165, 1.54) is 101 Å². The summed E-state index contributed by atoms with van der Waals surface area (Å²) < 4.78 is 26.6. The normalized spacial score (nSPS) is 29.0. The highest BCUT2D eigenvalue weighted by Gasteiger charge is 2.26. The molecule has 1 saturated heterocycles. The number of hydrogen-bond donors (Lipinski definition) is 0. The number of benzene rings is 1. The maximum Gasteiger partial charge on any atom is 0.159 e. The predicted molar refractivity (Wildman–Crippen MR) is 114 cm³/mol. The van der Waals surface area contributed by atoms with E-state index in [1.807, 2.05) is 0 Å². The number of rotatable bonds is 8. The van der Waals surface area contributed by atoms with Crippen molar-refractivity contribution in [2.45, 2.75) is 102 Å². The second-order valence-corrected chi connectivity index (χ2v) is 12.8. The highest BCUT2D eigenvalue weighted by Crippen LogP contribution is 2.38. The quantitative estimate of drug-likeness (QED) is 0.312. The zero-order valence-corrected chi connectivity index (χ0v) is 18.4. The van der Waals surface area contributed by atoms with E-state index in [2.05, 4.69) is 6.92 Å². The summed E-state index contributed by atoms with van der Waals surface area (Å²) in [4.78, 5) is 0. The second-order valence-electron chi connectivity index (χ2n) is 9.35. The van der Waals surface area contributed by atoms with Crippen LogP contribution in [-0.2, 0) is 0 Å². The average molecular weight is 393 g/mol. The summed E-state index contributed by atoms with van der Waals surface area (Å²) in [6.07, 6.45) is 15.5. The third-order valence-electron chi connectivity index (χ3n) is 7.43. The van der Waals surface area contributed by atoms with E-state index in [1.54, 1.807) is 6.07 Å². The van der Waals surface area contributed by atoms with Crippen molar-refractivity contribution in [1.29, 1.82) is 0 Å². The number of hydrogen-bond acceptors (Lipinski definition) is 0. The molecule has 1 aliphatic heterocycles. The summed E-state index contributed by atoms with van der Waals surface area (Å²) >= 11 is 0. The SMILES string of the molecule is CCCCC[C@H]1CC[C@H](CC[SiH]2CCC(c3ccc(F)c(F)c3)CC2)CC1. The molecule has 0 unspecified atom stereocenters. The second kappa shape index (κ2) is 10.7. The van der Waals surface area contributed by atoms with Gasteiger partial charge in [-0.3, -0.25) is 0 Å². The molecule has 0 aromatic heterocycles. The van der Waals surface area contributed by atoms with Crippen LogP contribution in [0.25, 0.3) is 0 Å². The van der Waals surface area contributed by atoms with Crippen LogP contribution in [0.4, 0.5) is 8.78 Å². The summed E-state index contributed by atoms with van der Waals surface area (Å²) in [6.45, 7) is 2.30. The van der Waals surface area contributed by atoms with Crippen molar-refractivity contribution >= 4 is 8.80 Å². The van der Waals surface area contributed by atoms with E-state index in [9.17, 15) is 8.78 Å². The van der Waals surface area contributed by atoms with Crippen LogP contribution < -0.4 is 0 Å². The molecule has 1 saturated carbocycles. The Morgan fingerprint density at radius 3 is 2.15 bits per heavy atom. The third-order valence-corrected chi connectivity index (χ3v) is 10.9. The number of halogens is 2. The maximum absolute atomic E-state index is 13.5. The van der Waals surface area contributed by atoms with Crippen LogP contribution in [0.5, 0.6) is 0 Å². The lowest BCUT2D eigenvalue weighted by atomic mass is 9.79. The van der Waals surface area contributed by atoms with E-state index in [4.69, 9.17) is 0 Å². The molecule has 0 nitrogen and oxygen atoms in total. The minimum atomic E-state index is -0.720. The van der Waals surface area contributed by atoms with Crippen molar-refractivity contribution in [2.24, 2.45) is 11.8 Å². The Morgan fingerprint density at radius 2 is 1.52 bits per heavy atom. The molecule has 2 aliphatic rings. The Morgan fingerprint density at radius 1 is 0.852 bits per heavy atom. The molecule has 0 amide bonds. The Hall–Kier alpha value is -0.703. The van der Waals surface area contributed by atoms with Gasteiger partial charge in [0.05, 0.1) is 0 Å². The molecule has 0 bridgehead atoms. The van der Waals surface area contributed by atoms with E-state index in [-0.39, 0.29) is 0 Å². The summed E-state index contributed by atoms with van der Waals surface area (Å²) in [7, 11) is -0.588. The molecule has 1 aliphatic carbocycles. The highest BCUT2D eigenvalue weighted by atomic mass is 28.3. The fourth-order valence-corrected chi connectivity index (χ4v) is 9.07. The van der Waals surface area contributed by atoms with Gasteiger partial charge in [-0.15, -0.1) is 0 Å². The minimum Gasteiger partial charge on any atom is -0.204 e. The Labute approximate surface area is 166 Å². The summed E-state index contributed by atoms with van der Waals surface area (Å²) in [5.74, 6) is 1.09. The molecule has 152 valence electrons. The first kappa shape index (κ1) is 21.0. The van der Waals surface area contributed by atoms with E-state index in [0.29, 0.717) is 5.92 Å². The van der Waals surface area contributed by atoms with Gasteiger partial charge in [-0.05, 0) is 48.3 Å². The minimum absolute atomic E-state index is 0.461. The van der Waals surface area contributed by atoms with Gasteiger partial charge < -0.3 is 0 Å². The summed E-state index contributed by atoms with van der Waals surface area (Å²) in [5.41, 5.74) is 1.02. The molecule has 2 fully saturated rings. The molecule has 1 aromatic rings. The Bertz CT molecular complexity index is 557. The van der Waals surface area contributed by atoms with Crippen LogP contribution in [0.2, 0.25) is 18.1 Å². The lowest BCUT2D eigenvalue weighted by Crippen LogP contribution is -2.22. The predicted octanol–water partition coefficient (Wildman–Crippen LogP) is 7.85. The van der Waals surface area contributed by atoms with Crippen LogP contribution in [0, 0.1) is 23.5 Å². The molecule has 0 N–H and O–H groups in total. The fourth-order valence-electron chi connectivity index (χ4n) is 5.51. The monoisotopic (exact) mass is 392 g/mol. The van der Waals surface area contributed by atoms with E-state index in [0.717, 1.165) is 17.4 Å². The van der Waals surface area contributed by atoms with Crippen LogP contribution in [0.15, 0.2) is 18.2 Å². The molecule has 3 heteroatoms. The molecular weight excluding hydrogens is 354 g/mol. The molecule has 1 heterocycles. The van der Waals surface area contributed by atoms with Crippen molar-refractivity contribution < 1.29 is 8.78 Å². The van der Waals surface area contributed by atoms with Crippen molar-refractivity contribution in [3.63, 3.8) is 0 Å². The van der Waals surface area contributed by atoms with E-state index < -0.39 is 20.4 Å². The van der Waals surface area contributed by atoms with Crippen LogP contribution in [0.3, 0.4) is 0 Å². The summed E-state index contributed by atoms with van der Waals surface area (Å²) in [6, 6.07) is 8.85. The average Bonchev–Trinajstić information content (AvgIpc) is 2.70. The van der Waals surface area contributed by atoms with Gasteiger partial charge in [-0.1, -0.05) is 88.9 Å². The molecular formula is C24H38F2Si. The lowest BCUT2D eigenvalue weighted by Gasteiger charge is -2.31. The van der Waals surface area contributed by atoms with Crippen LogP contribution in [0.1, 0.15) is 89.0 Å². The van der Waals surface area contributed by atoms with Crippen molar-refractivity contribution in [1.82, 2.24) is 0 Å². The van der Waals surface area contributed by atoms with Crippen molar-refractivity contribution in [2.75, 3.05) is 0 Å². The van der Waals surface area contributed by atoms with Crippen LogP contribution in [-0.4, -0.2) is 8.80 Å². The largest absolute Gasteiger partial charge is 0.204 e. The molecule has 0 spiro atoms. The first-order valence-electron chi connectivity index (χ1n) is 11.6. The third kappa shape index (κ3) is 6.41. The zero-order valence-electron chi connectivity index (χ0n) is 17.2. The van der Waals surface area contributed by atoms with Gasteiger partial charge in [0.15, 0.2) is 11.6 Å². The molecule has 3 rings (SSSR count). The van der Waals surface area contributed by atoms with Gasteiger partial charge in [0, 0.05) is 8.80 Å². The molecule has 0 radical (unpaired) electrons.